The van der Waals surface area contributed by atoms with Crippen LogP contribution in [0.5, 0.6) is 0 Å². The predicted molar refractivity (Wildman–Crippen MR) is 169 cm³/mol. The van der Waals surface area contributed by atoms with E-state index in [4.69, 9.17) is 9.47 Å². The molecule has 7 nitrogen and oxygen atoms in total. The van der Waals surface area contributed by atoms with Crippen LogP contribution in [0.15, 0.2) is 103 Å². The van der Waals surface area contributed by atoms with Gasteiger partial charge in [0, 0.05) is 38.2 Å². The SMILES string of the molecule is CCNC(=O)NCc1cccc(-c2ccc(C3OC(CN(C)Cc4ccccc4)CC(c4ccc(CO)cc4)O3)cc2)c1. The molecule has 0 aliphatic carbocycles. The highest BCUT2D eigenvalue weighted by Gasteiger charge is 2.32. The Morgan fingerprint density at radius 1 is 0.814 bits per heavy atom. The van der Waals surface area contributed by atoms with E-state index in [0.29, 0.717) is 13.1 Å². The maximum atomic E-state index is 11.8. The van der Waals surface area contributed by atoms with Crippen LogP contribution < -0.4 is 10.6 Å². The van der Waals surface area contributed by atoms with Crippen LogP contribution in [0.4, 0.5) is 4.79 Å². The van der Waals surface area contributed by atoms with E-state index >= 15 is 0 Å². The Hall–Kier alpha value is -4.01. The number of urea groups is 1. The first-order chi connectivity index (χ1) is 21.0. The maximum Gasteiger partial charge on any atom is 0.315 e. The van der Waals surface area contributed by atoms with Crippen LogP contribution in [-0.2, 0) is 29.2 Å². The quantitative estimate of drug-likeness (QED) is 0.193. The molecule has 7 heteroatoms. The van der Waals surface area contributed by atoms with Crippen LogP contribution in [0.1, 0.15) is 53.6 Å². The van der Waals surface area contributed by atoms with E-state index in [2.05, 4.69) is 83.2 Å². The minimum absolute atomic E-state index is 0.0183. The van der Waals surface area contributed by atoms with Crippen molar-refractivity contribution in [2.45, 2.75) is 51.5 Å². The van der Waals surface area contributed by atoms with Crippen molar-refractivity contribution in [1.29, 1.82) is 0 Å². The molecule has 1 saturated heterocycles. The summed E-state index contributed by atoms with van der Waals surface area (Å²) in [6.07, 6.45) is 0.0794. The molecule has 3 N–H and O–H groups in total. The number of nitrogens with one attached hydrogen (secondary N) is 2. The molecule has 224 valence electrons. The highest BCUT2D eigenvalue weighted by atomic mass is 16.7. The molecule has 43 heavy (non-hydrogen) atoms. The number of hydrogen-bond acceptors (Lipinski definition) is 5. The Morgan fingerprint density at radius 2 is 1.53 bits per heavy atom. The molecule has 1 heterocycles. The predicted octanol–water partition coefficient (Wildman–Crippen LogP) is 6.34. The summed E-state index contributed by atoms with van der Waals surface area (Å²) in [5.41, 5.74) is 7.38. The van der Waals surface area contributed by atoms with E-state index in [-0.39, 0.29) is 24.8 Å². The van der Waals surface area contributed by atoms with Gasteiger partial charge < -0.3 is 25.2 Å². The second-order valence-corrected chi connectivity index (χ2v) is 11.1. The van der Waals surface area contributed by atoms with Gasteiger partial charge in [-0.3, -0.25) is 4.90 Å². The van der Waals surface area contributed by atoms with Crippen molar-refractivity contribution in [2.75, 3.05) is 20.1 Å². The van der Waals surface area contributed by atoms with E-state index in [1.54, 1.807) is 0 Å². The summed E-state index contributed by atoms with van der Waals surface area (Å²) in [7, 11) is 2.13. The molecule has 0 aromatic heterocycles. The van der Waals surface area contributed by atoms with Gasteiger partial charge in [0.1, 0.15) is 0 Å². The van der Waals surface area contributed by atoms with Gasteiger partial charge in [0.2, 0.25) is 0 Å². The van der Waals surface area contributed by atoms with Crippen LogP contribution in [0.2, 0.25) is 0 Å². The zero-order valence-electron chi connectivity index (χ0n) is 24.9. The lowest BCUT2D eigenvalue weighted by atomic mass is 9.99. The number of carbonyl (C=O) groups is 1. The fourth-order valence-electron chi connectivity index (χ4n) is 5.44. The molecular formula is C36H41N3O4. The first-order valence-electron chi connectivity index (χ1n) is 14.9. The monoisotopic (exact) mass is 579 g/mol. The van der Waals surface area contributed by atoms with Crippen LogP contribution in [0, 0.1) is 0 Å². The van der Waals surface area contributed by atoms with Crippen LogP contribution >= 0.6 is 0 Å². The highest BCUT2D eigenvalue weighted by Crippen LogP contribution is 2.38. The number of rotatable bonds is 11. The molecule has 0 spiro atoms. The molecule has 1 aliphatic rings. The minimum Gasteiger partial charge on any atom is -0.392 e. The molecule has 0 bridgehead atoms. The fourth-order valence-corrected chi connectivity index (χ4v) is 5.44. The number of nitrogens with zero attached hydrogens (tertiary/aromatic N) is 1. The first-order valence-corrected chi connectivity index (χ1v) is 14.9. The average Bonchev–Trinajstić information content (AvgIpc) is 3.04. The van der Waals surface area contributed by atoms with Crippen LogP contribution in [0.25, 0.3) is 11.1 Å². The number of amides is 2. The largest absolute Gasteiger partial charge is 0.392 e. The molecule has 3 unspecified atom stereocenters. The minimum atomic E-state index is -0.506. The Labute approximate surface area is 254 Å². The van der Waals surface area contributed by atoms with Gasteiger partial charge in [-0.05, 0) is 53.4 Å². The van der Waals surface area contributed by atoms with Gasteiger partial charge in [-0.25, -0.2) is 4.79 Å². The Kier molecular flexibility index (Phi) is 10.6. The second-order valence-electron chi connectivity index (χ2n) is 11.1. The summed E-state index contributed by atoms with van der Waals surface area (Å²) in [5.74, 6) is 0. The van der Waals surface area contributed by atoms with Crippen LogP contribution in [0.3, 0.4) is 0 Å². The third-order valence-electron chi connectivity index (χ3n) is 7.66. The Morgan fingerprint density at radius 3 is 2.26 bits per heavy atom. The summed E-state index contributed by atoms with van der Waals surface area (Å²) in [6.45, 7) is 4.58. The number of benzene rings is 4. The first kappa shape index (κ1) is 30.4. The lowest BCUT2D eigenvalue weighted by Gasteiger charge is -2.38. The number of likely N-dealkylation sites (N-methyl/N-ethyl adjacent to an activating group) is 1. The zero-order valence-corrected chi connectivity index (χ0v) is 24.9. The van der Waals surface area contributed by atoms with Gasteiger partial charge in [-0.15, -0.1) is 0 Å². The molecule has 3 atom stereocenters. The number of aliphatic hydroxyl groups is 1. The summed E-state index contributed by atoms with van der Waals surface area (Å²) in [6, 6.07) is 34.8. The second kappa shape index (κ2) is 14.9. The van der Waals surface area contributed by atoms with Gasteiger partial charge in [0.25, 0.3) is 0 Å². The molecule has 5 rings (SSSR count). The number of ether oxygens (including phenoxy) is 2. The number of hydrogen-bond donors (Lipinski definition) is 3. The number of carbonyl (C=O) groups excluding carboxylic acids is 1. The fraction of sp³-hybridized carbons (Fsp3) is 0.306. The van der Waals surface area contributed by atoms with E-state index in [1.165, 1.54) is 5.56 Å². The molecule has 1 aliphatic heterocycles. The van der Waals surface area contributed by atoms with Crippen molar-refractivity contribution in [1.82, 2.24) is 15.5 Å². The van der Waals surface area contributed by atoms with Gasteiger partial charge >= 0.3 is 6.03 Å². The summed E-state index contributed by atoms with van der Waals surface area (Å²) < 4.78 is 13.1. The molecule has 4 aromatic rings. The maximum absolute atomic E-state index is 11.8. The molecule has 1 fully saturated rings. The molecule has 2 amide bonds. The molecule has 4 aromatic carbocycles. The van der Waals surface area contributed by atoms with Crippen molar-refractivity contribution in [3.63, 3.8) is 0 Å². The lowest BCUT2D eigenvalue weighted by Crippen LogP contribution is -2.37. The van der Waals surface area contributed by atoms with E-state index in [0.717, 1.165) is 52.9 Å². The zero-order chi connectivity index (χ0) is 30.0. The Bertz CT molecular complexity index is 1440. The smallest absolute Gasteiger partial charge is 0.315 e. The van der Waals surface area contributed by atoms with E-state index in [9.17, 15) is 9.90 Å². The van der Waals surface area contributed by atoms with Crippen molar-refractivity contribution in [3.8, 4) is 11.1 Å². The van der Waals surface area contributed by atoms with Crippen molar-refractivity contribution >= 4 is 6.03 Å². The van der Waals surface area contributed by atoms with Gasteiger partial charge in [-0.1, -0.05) is 97.1 Å². The summed E-state index contributed by atoms with van der Waals surface area (Å²) >= 11 is 0. The third kappa shape index (κ3) is 8.52. The molecular weight excluding hydrogens is 538 g/mol. The van der Waals surface area contributed by atoms with Gasteiger partial charge in [-0.2, -0.15) is 0 Å². The van der Waals surface area contributed by atoms with Crippen molar-refractivity contribution in [2.24, 2.45) is 0 Å². The normalized spacial score (nSPS) is 18.4. The summed E-state index contributed by atoms with van der Waals surface area (Å²) in [5, 5.41) is 15.1. The van der Waals surface area contributed by atoms with E-state index in [1.807, 2.05) is 49.4 Å². The van der Waals surface area contributed by atoms with Crippen LogP contribution in [-0.4, -0.2) is 42.3 Å². The van der Waals surface area contributed by atoms with Crippen molar-refractivity contribution < 1.29 is 19.4 Å². The third-order valence-corrected chi connectivity index (χ3v) is 7.66. The molecule has 0 saturated carbocycles. The van der Waals surface area contributed by atoms with Crippen molar-refractivity contribution in [3.05, 3.63) is 131 Å². The number of aliphatic hydroxyl groups excluding tert-OH is 1. The topological polar surface area (TPSA) is 83.1 Å². The lowest BCUT2D eigenvalue weighted by molar-refractivity contribution is -0.252. The summed E-state index contributed by atoms with van der Waals surface area (Å²) in [4.78, 5) is 14.1. The molecule has 0 radical (unpaired) electrons. The standard InChI is InChI=1S/C36H41N3O4/c1-3-37-36(41)38-22-28-10-7-11-32(20-28)29-16-18-31(19-17-29)35-42-33(24-39(2)23-26-8-5-4-6-9-26)21-34(43-35)30-14-12-27(25-40)13-15-30/h4-20,33-35,40H,3,21-25H2,1-2H3,(H2,37,38,41). The Balaban J connectivity index is 1.31. The van der Waals surface area contributed by atoms with Gasteiger partial charge in [0.05, 0.1) is 18.8 Å². The van der Waals surface area contributed by atoms with Gasteiger partial charge in [0.15, 0.2) is 6.29 Å². The van der Waals surface area contributed by atoms with E-state index < -0.39 is 6.29 Å². The average molecular weight is 580 g/mol. The highest BCUT2D eigenvalue weighted by molar-refractivity contribution is 5.73.